The smallest absolute Gasteiger partial charge is 0.243 e. The molecule has 0 spiro atoms. The van der Waals surface area contributed by atoms with E-state index in [1.807, 2.05) is 11.9 Å². The van der Waals surface area contributed by atoms with Crippen molar-refractivity contribution in [2.24, 2.45) is 10.7 Å². The minimum absolute atomic E-state index is 0. The SMILES string of the molecule is CN(C(N)=NCCNS(=O)(=O)c1ccc(Cl)cc1F)C1CC1.I. The molecule has 0 radical (unpaired) electrons. The first-order valence-electron chi connectivity index (χ1n) is 6.79. The number of nitrogens with two attached hydrogens (primary N) is 1. The van der Waals surface area contributed by atoms with Crippen LogP contribution in [0.2, 0.25) is 5.02 Å². The van der Waals surface area contributed by atoms with Crippen molar-refractivity contribution in [2.45, 2.75) is 23.8 Å². The third-order valence-corrected chi connectivity index (χ3v) is 5.05. The number of guanidine groups is 1. The number of benzene rings is 1. The molecule has 0 bridgehead atoms. The molecule has 0 saturated heterocycles. The van der Waals surface area contributed by atoms with E-state index in [0.717, 1.165) is 25.0 Å². The van der Waals surface area contributed by atoms with Gasteiger partial charge in [0.15, 0.2) is 5.96 Å². The molecule has 2 rings (SSSR count). The van der Waals surface area contributed by atoms with Crippen LogP contribution in [0.1, 0.15) is 12.8 Å². The molecule has 0 amide bonds. The molecule has 1 aliphatic carbocycles. The standard InChI is InChI=1S/C13H18ClFN4O2S.HI/c1-19(10-3-4-10)13(16)17-6-7-18-22(20,21)12-5-2-9(14)8-11(12)15;/h2,5,8,10,18H,3-4,6-7H2,1H3,(H2,16,17);1H. The Kier molecular flexibility index (Phi) is 7.49. The number of halogens is 3. The van der Waals surface area contributed by atoms with E-state index in [0.29, 0.717) is 12.0 Å². The summed E-state index contributed by atoms with van der Waals surface area (Å²) >= 11 is 5.60. The minimum atomic E-state index is -3.94. The van der Waals surface area contributed by atoms with Gasteiger partial charge in [-0.1, -0.05) is 11.6 Å². The fourth-order valence-corrected chi connectivity index (χ4v) is 3.12. The molecule has 1 fully saturated rings. The second-order valence-electron chi connectivity index (χ2n) is 5.05. The first-order valence-corrected chi connectivity index (χ1v) is 8.65. The maximum atomic E-state index is 13.6. The zero-order valence-corrected chi connectivity index (χ0v) is 16.4. The van der Waals surface area contributed by atoms with Gasteiger partial charge in [-0.15, -0.1) is 24.0 Å². The van der Waals surface area contributed by atoms with Crippen LogP contribution in [0, 0.1) is 5.82 Å². The quantitative estimate of drug-likeness (QED) is 0.284. The minimum Gasteiger partial charge on any atom is -0.370 e. The Morgan fingerprint density at radius 2 is 2.17 bits per heavy atom. The largest absolute Gasteiger partial charge is 0.370 e. The van der Waals surface area contributed by atoms with Crippen LogP contribution in [-0.2, 0) is 10.0 Å². The summed E-state index contributed by atoms with van der Waals surface area (Å²) in [6, 6.07) is 3.83. The van der Waals surface area contributed by atoms with Gasteiger partial charge in [0.25, 0.3) is 0 Å². The summed E-state index contributed by atoms with van der Waals surface area (Å²) in [6.45, 7) is 0.209. The van der Waals surface area contributed by atoms with Crippen LogP contribution in [-0.4, -0.2) is 45.5 Å². The maximum Gasteiger partial charge on any atom is 0.243 e. The molecular formula is C13H19ClFIN4O2S. The molecule has 1 saturated carbocycles. The first kappa shape index (κ1) is 20.4. The monoisotopic (exact) mass is 476 g/mol. The van der Waals surface area contributed by atoms with E-state index in [1.54, 1.807) is 0 Å². The number of hydrogen-bond acceptors (Lipinski definition) is 3. The van der Waals surface area contributed by atoms with E-state index >= 15 is 0 Å². The average Bonchev–Trinajstić information content (AvgIpc) is 3.26. The Bertz CT molecular complexity index is 683. The van der Waals surface area contributed by atoms with Gasteiger partial charge in [0, 0.05) is 24.7 Å². The summed E-state index contributed by atoms with van der Waals surface area (Å²) in [7, 11) is -2.09. The molecule has 130 valence electrons. The normalized spacial score (nSPS) is 15.2. The third kappa shape index (κ3) is 5.73. The van der Waals surface area contributed by atoms with Gasteiger partial charge < -0.3 is 10.6 Å². The van der Waals surface area contributed by atoms with Gasteiger partial charge in [0.2, 0.25) is 10.0 Å². The fraction of sp³-hybridized carbons (Fsp3) is 0.462. The summed E-state index contributed by atoms with van der Waals surface area (Å²) in [4.78, 5) is 5.52. The van der Waals surface area contributed by atoms with Gasteiger partial charge in [0.1, 0.15) is 10.7 Å². The lowest BCUT2D eigenvalue weighted by atomic mass is 10.3. The number of sulfonamides is 1. The van der Waals surface area contributed by atoms with E-state index in [2.05, 4.69) is 9.71 Å². The Morgan fingerprint density at radius 1 is 1.52 bits per heavy atom. The maximum absolute atomic E-state index is 13.6. The number of hydrogen-bond donors (Lipinski definition) is 2. The summed E-state index contributed by atoms with van der Waals surface area (Å²) in [6.07, 6.45) is 2.18. The highest BCUT2D eigenvalue weighted by molar-refractivity contribution is 14.0. The molecule has 1 aromatic carbocycles. The zero-order valence-electron chi connectivity index (χ0n) is 12.5. The summed E-state index contributed by atoms with van der Waals surface area (Å²) < 4.78 is 39.9. The van der Waals surface area contributed by atoms with Gasteiger partial charge >= 0.3 is 0 Å². The first-order chi connectivity index (χ1) is 10.3. The highest BCUT2D eigenvalue weighted by atomic mass is 127. The molecule has 1 aliphatic rings. The lowest BCUT2D eigenvalue weighted by Gasteiger charge is -2.16. The van der Waals surface area contributed by atoms with Crippen molar-refractivity contribution in [1.82, 2.24) is 9.62 Å². The van der Waals surface area contributed by atoms with Gasteiger partial charge in [-0.3, -0.25) is 4.99 Å². The van der Waals surface area contributed by atoms with Crippen molar-refractivity contribution in [3.63, 3.8) is 0 Å². The van der Waals surface area contributed by atoms with Crippen molar-refractivity contribution in [3.05, 3.63) is 29.0 Å². The van der Waals surface area contributed by atoms with Crippen molar-refractivity contribution in [1.29, 1.82) is 0 Å². The summed E-state index contributed by atoms with van der Waals surface area (Å²) in [5.41, 5.74) is 5.78. The van der Waals surface area contributed by atoms with Gasteiger partial charge in [-0.05, 0) is 31.0 Å². The van der Waals surface area contributed by atoms with E-state index in [1.165, 1.54) is 6.07 Å². The van der Waals surface area contributed by atoms with E-state index < -0.39 is 20.7 Å². The van der Waals surface area contributed by atoms with Crippen molar-refractivity contribution >= 4 is 51.6 Å². The topological polar surface area (TPSA) is 87.8 Å². The molecular weight excluding hydrogens is 458 g/mol. The number of rotatable bonds is 6. The van der Waals surface area contributed by atoms with Crippen molar-refractivity contribution in [3.8, 4) is 0 Å². The Labute approximate surface area is 157 Å². The molecule has 23 heavy (non-hydrogen) atoms. The van der Waals surface area contributed by atoms with E-state index in [9.17, 15) is 12.8 Å². The zero-order chi connectivity index (χ0) is 16.3. The molecule has 3 N–H and O–H groups in total. The van der Waals surface area contributed by atoms with Crippen LogP contribution >= 0.6 is 35.6 Å². The average molecular weight is 477 g/mol. The lowest BCUT2D eigenvalue weighted by Crippen LogP contribution is -2.36. The summed E-state index contributed by atoms with van der Waals surface area (Å²) in [5, 5.41) is 0.136. The Morgan fingerprint density at radius 3 is 2.74 bits per heavy atom. The van der Waals surface area contributed by atoms with Crippen LogP contribution in [0.3, 0.4) is 0 Å². The fourth-order valence-electron chi connectivity index (χ4n) is 1.88. The molecule has 0 heterocycles. The number of nitrogens with one attached hydrogen (secondary N) is 1. The number of nitrogens with zero attached hydrogens (tertiary/aromatic N) is 2. The molecule has 0 aromatic heterocycles. The molecule has 10 heteroatoms. The lowest BCUT2D eigenvalue weighted by molar-refractivity contribution is 0.487. The van der Waals surface area contributed by atoms with Crippen molar-refractivity contribution in [2.75, 3.05) is 20.1 Å². The summed E-state index contributed by atoms with van der Waals surface area (Å²) in [5.74, 6) is -0.518. The van der Waals surface area contributed by atoms with E-state index in [4.69, 9.17) is 17.3 Å². The predicted octanol–water partition coefficient (Wildman–Crippen LogP) is 1.78. The second-order valence-corrected chi connectivity index (χ2v) is 7.23. The van der Waals surface area contributed by atoms with Gasteiger partial charge in [-0.2, -0.15) is 0 Å². The predicted molar refractivity (Wildman–Crippen MR) is 99.3 cm³/mol. The molecule has 0 aliphatic heterocycles. The highest BCUT2D eigenvalue weighted by Gasteiger charge is 2.27. The number of aliphatic imine (C=N–C) groups is 1. The van der Waals surface area contributed by atoms with Crippen LogP contribution in [0.25, 0.3) is 0 Å². The van der Waals surface area contributed by atoms with Crippen LogP contribution in [0.4, 0.5) is 4.39 Å². The van der Waals surface area contributed by atoms with Crippen LogP contribution in [0.5, 0.6) is 0 Å². The molecule has 6 nitrogen and oxygen atoms in total. The van der Waals surface area contributed by atoms with Crippen LogP contribution < -0.4 is 10.5 Å². The Balaban J connectivity index is 0.00000264. The molecule has 0 atom stereocenters. The van der Waals surface area contributed by atoms with Crippen LogP contribution in [0.15, 0.2) is 28.1 Å². The van der Waals surface area contributed by atoms with Gasteiger partial charge in [-0.25, -0.2) is 17.5 Å². The third-order valence-electron chi connectivity index (χ3n) is 3.32. The Hall–Kier alpha value is -0.650. The van der Waals surface area contributed by atoms with Crippen molar-refractivity contribution < 1.29 is 12.8 Å². The molecule has 1 aromatic rings. The highest BCUT2D eigenvalue weighted by Crippen LogP contribution is 2.24. The van der Waals surface area contributed by atoms with Gasteiger partial charge in [0.05, 0.1) is 6.54 Å². The molecule has 0 unspecified atom stereocenters. The van der Waals surface area contributed by atoms with E-state index in [-0.39, 0.29) is 42.1 Å². The second kappa shape index (κ2) is 8.45.